The van der Waals surface area contributed by atoms with Crippen LogP contribution in [0.3, 0.4) is 0 Å². The molecule has 0 fully saturated rings. The smallest absolute Gasteiger partial charge is 0.343 e. The summed E-state index contributed by atoms with van der Waals surface area (Å²) < 4.78 is 10.1. The summed E-state index contributed by atoms with van der Waals surface area (Å²) in [4.78, 5) is 18.9. The number of para-hydroxylation sites is 1. The number of fused-ring (bicyclic) bond motifs is 1. The quantitative estimate of drug-likeness (QED) is 0.564. The number of imidazole rings is 1. The summed E-state index contributed by atoms with van der Waals surface area (Å²) in [5.74, 6) is 0.491. The van der Waals surface area contributed by atoms with Gasteiger partial charge in [0.2, 0.25) is 0 Å². The van der Waals surface area contributed by atoms with E-state index in [4.69, 9.17) is 4.74 Å². The van der Waals surface area contributed by atoms with Gasteiger partial charge in [-0.1, -0.05) is 24.3 Å². The molecule has 3 aromatic rings. The molecular formula is C20H17N3O3. The lowest BCUT2D eigenvalue weighted by Gasteiger charge is -2.08. The summed E-state index contributed by atoms with van der Waals surface area (Å²) in [5, 5.41) is 9.57. The van der Waals surface area contributed by atoms with E-state index >= 15 is 0 Å². The molecule has 0 saturated heterocycles. The van der Waals surface area contributed by atoms with Gasteiger partial charge in [-0.3, -0.25) is 0 Å². The molecule has 0 spiro atoms. The Bertz CT molecular complexity index is 1030. The number of carbonyl (C=O) groups is 1. The molecule has 0 aliphatic carbocycles. The Morgan fingerprint density at radius 1 is 1.31 bits per heavy atom. The molecule has 0 saturated carbocycles. The number of benzene rings is 2. The third-order valence-electron chi connectivity index (χ3n) is 3.80. The SMILES string of the molecule is COC(=O)COc1ccccc1C=C(C#N)c1nc2ccc(C)cc2[nH]1. The minimum Gasteiger partial charge on any atom is -0.481 e. The third-order valence-corrected chi connectivity index (χ3v) is 3.80. The molecule has 26 heavy (non-hydrogen) atoms. The third kappa shape index (κ3) is 3.73. The molecule has 0 atom stereocenters. The van der Waals surface area contributed by atoms with E-state index < -0.39 is 5.97 Å². The Hall–Kier alpha value is -3.59. The monoisotopic (exact) mass is 347 g/mol. The van der Waals surface area contributed by atoms with Crippen molar-refractivity contribution < 1.29 is 14.3 Å². The molecule has 0 amide bonds. The van der Waals surface area contributed by atoms with Crippen molar-refractivity contribution >= 4 is 28.7 Å². The van der Waals surface area contributed by atoms with Gasteiger partial charge >= 0.3 is 5.97 Å². The Labute approximate surface area is 150 Å². The van der Waals surface area contributed by atoms with Crippen molar-refractivity contribution in [3.05, 3.63) is 59.4 Å². The number of hydrogen-bond acceptors (Lipinski definition) is 5. The number of methoxy groups -OCH3 is 1. The van der Waals surface area contributed by atoms with Crippen LogP contribution in [0.25, 0.3) is 22.7 Å². The van der Waals surface area contributed by atoms with Crippen molar-refractivity contribution in [2.75, 3.05) is 13.7 Å². The lowest BCUT2D eigenvalue weighted by atomic mass is 10.1. The Balaban J connectivity index is 1.96. The van der Waals surface area contributed by atoms with Crippen LogP contribution in [0.2, 0.25) is 0 Å². The molecule has 2 aromatic carbocycles. The first-order valence-corrected chi connectivity index (χ1v) is 7.98. The highest BCUT2D eigenvalue weighted by Gasteiger charge is 2.11. The normalized spacial score (nSPS) is 11.2. The fourth-order valence-electron chi connectivity index (χ4n) is 2.49. The lowest BCUT2D eigenvalue weighted by Crippen LogP contribution is -2.12. The van der Waals surface area contributed by atoms with Gasteiger partial charge in [-0.2, -0.15) is 5.26 Å². The van der Waals surface area contributed by atoms with Crippen LogP contribution in [0.4, 0.5) is 0 Å². The first-order chi connectivity index (χ1) is 12.6. The zero-order valence-electron chi connectivity index (χ0n) is 14.4. The number of carbonyl (C=O) groups excluding carboxylic acids is 1. The van der Waals surface area contributed by atoms with Gasteiger partial charge in [-0.15, -0.1) is 0 Å². The molecular weight excluding hydrogens is 330 g/mol. The van der Waals surface area contributed by atoms with E-state index in [-0.39, 0.29) is 6.61 Å². The highest BCUT2D eigenvalue weighted by molar-refractivity contribution is 5.91. The van der Waals surface area contributed by atoms with E-state index in [0.717, 1.165) is 16.6 Å². The molecule has 6 heteroatoms. The molecule has 1 aromatic heterocycles. The van der Waals surface area contributed by atoms with E-state index in [1.165, 1.54) is 7.11 Å². The van der Waals surface area contributed by atoms with E-state index in [2.05, 4.69) is 20.8 Å². The maximum Gasteiger partial charge on any atom is 0.343 e. The minimum absolute atomic E-state index is 0.201. The van der Waals surface area contributed by atoms with Crippen molar-refractivity contribution in [3.8, 4) is 11.8 Å². The maximum atomic E-state index is 11.3. The minimum atomic E-state index is -0.475. The number of nitrogens with one attached hydrogen (secondary N) is 1. The molecule has 6 nitrogen and oxygen atoms in total. The van der Waals surface area contributed by atoms with E-state index in [1.807, 2.05) is 31.2 Å². The predicted molar refractivity (Wildman–Crippen MR) is 98.3 cm³/mol. The van der Waals surface area contributed by atoms with E-state index in [1.54, 1.807) is 24.3 Å². The fraction of sp³-hybridized carbons (Fsp3) is 0.150. The van der Waals surface area contributed by atoms with Crippen LogP contribution in [-0.4, -0.2) is 29.7 Å². The second kappa shape index (κ2) is 7.53. The number of nitriles is 1. The number of esters is 1. The van der Waals surface area contributed by atoms with Crippen molar-refractivity contribution in [2.24, 2.45) is 0 Å². The lowest BCUT2D eigenvalue weighted by molar-refractivity contribution is -0.142. The van der Waals surface area contributed by atoms with Gasteiger partial charge in [0.15, 0.2) is 6.61 Å². The van der Waals surface area contributed by atoms with Crippen molar-refractivity contribution in [1.82, 2.24) is 9.97 Å². The van der Waals surface area contributed by atoms with Crippen LogP contribution < -0.4 is 4.74 Å². The van der Waals surface area contributed by atoms with E-state index in [0.29, 0.717) is 22.7 Å². The second-order valence-corrected chi connectivity index (χ2v) is 5.68. The number of ether oxygens (including phenoxy) is 2. The zero-order valence-corrected chi connectivity index (χ0v) is 14.4. The number of rotatable bonds is 5. The highest BCUT2D eigenvalue weighted by atomic mass is 16.6. The number of allylic oxidation sites excluding steroid dienone is 1. The van der Waals surface area contributed by atoms with Gasteiger partial charge < -0.3 is 14.5 Å². The summed E-state index contributed by atoms with van der Waals surface area (Å²) in [6.45, 7) is 1.79. The Kier molecular flexibility index (Phi) is 4.99. The topological polar surface area (TPSA) is 88.0 Å². The van der Waals surface area contributed by atoms with Gasteiger partial charge in [-0.05, 0) is 36.8 Å². The summed E-state index contributed by atoms with van der Waals surface area (Å²) in [6, 6.07) is 15.2. The molecule has 0 bridgehead atoms. The van der Waals surface area contributed by atoms with E-state index in [9.17, 15) is 10.1 Å². The van der Waals surface area contributed by atoms with Gasteiger partial charge in [0.05, 0.1) is 23.7 Å². The van der Waals surface area contributed by atoms with Gasteiger partial charge in [0.25, 0.3) is 0 Å². The highest BCUT2D eigenvalue weighted by Crippen LogP contribution is 2.25. The summed E-state index contributed by atoms with van der Waals surface area (Å²) in [6.07, 6.45) is 1.68. The van der Waals surface area contributed by atoms with Crippen LogP contribution in [0, 0.1) is 18.3 Å². The average Bonchev–Trinajstić information content (AvgIpc) is 3.07. The molecule has 130 valence electrons. The number of H-pyrrole nitrogens is 1. The van der Waals surface area contributed by atoms with Crippen LogP contribution >= 0.6 is 0 Å². The molecule has 1 N–H and O–H groups in total. The number of aromatic amines is 1. The summed E-state index contributed by atoms with van der Waals surface area (Å²) in [5.41, 5.74) is 3.81. The number of aromatic nitrogens is 2. The van der Waals surface area contributed by atoms with Gasteiger partial charge in [0, 0.05) is 5.56 Å². The number of hydrogen-bond donors (Lipinski definition) is 1. The molecule has 3 rings (SSSR count). The zero-order chi connectivity index (χ0) is 18.5. The van der Waals surface area contributed by atoms with Crippen LogP contribution in [0.15, 0.2) is 42.5 Å². The van der Waals surface area contributed by atoms with Crippen molar-refractivity contribution in [3.63, 3.8) is 0 Å². The van der Waals surface area contributed by atoms with Gasteiger partial charge in [-0.25, -0.2) is 9.78 Å². The standard InChI is InChI=1S/C20H17N3O3/c1-13-7-8-16-17(9-13)23-20(22-16)15(11-21)10-14-5-3-4-6-18(14)26-12-19(24)25-2/h3-10H,12H2,1-2H3,(H,22,23). The molecule has 0 radical (unpaired) electrons. The first kappa shape index (κ1) is 17.2. The number of nitrogens with zero attached hydrogens (tertiary/aromatic N) is 2. The average molecular weight is 347 g/mol. The number of aryl methyl sites for hydroxylation is 1. The molecule has 0 unspecified atom stereocenters. The van der Waals surface area contributed by atoms with Crippen LogP contribution in [0.5, 0.6) is 5.75 Å². The van der Waals surface area contributed by atoms with Crippen LogP contribution in [0.1, 0.15) is 17.0 Å². The summed E-state index contributed by atoms with van der Waals surface area (Å²) in [7, 11) is 1.30. The molecule has 0 aliphatic rings. The Morgan fingerprint density at radius 3 is 2.88 bits per heavy atom. The largest absolute Gasteiger partial charge is 0.481 e. The fourth-order valence-corrected chi connectivity index (χ4v) is 2.49. The van der Waals surface area contributed by atoms with Gasteiger partial charge in [0.1, 0.15) is 17.6 Å². The second-order valence-electron chi connectivity index (χ2n) is 5.68. The molecule has 1 heterocycles. The first-order valence-electron chi connectivity index (χ1n) is 7.98. The Morgan fingerprint density at radius 2 is 2.12 bits per heavy atom. The van der Waals surface area contributed by atoms with Crippen LogP contribution in [-0.2, 0) is 9.53 Å². The molecule has 0 aliphatic heterocycles. The predicted octanol–water partition coefficient (Wildman–Crippen LogP) is 3.49. The maximum absolute atomic E-state index is 11.3. The van der Waals surface area contributed by atoms with Crippen molar-refractivity contribution in [1.29, 1.82) is 5.26 Å². The summed E-state index contributed by atoms with van der Waals surface area (Å²) >= 11 is 0. The van der Waals surface area contributed by atoms with Crippen molar-refractivity contribution in [2.45, 2.75) is 6.92 Å².